The lowest BCUT2D eigenvalue weighted by atomic mass is 9.79. The van der Waals surface area contributed by atoms with E-state index in [1.54, 1.807) is 6.33 Å². The number of rotatable bonds is 4. The molecule has 2 fully saturated rings. The number of hydrogen-bond donors (Lipinski definition) is 1. The average molecular weight is 291 g/mol. The molecule has 0 amide bonds. The number of aromatic nitrogens is 3. The molecule has 0 radical (unpaired) electrons. The maximum atomic E-state index is 4.53. The van der Waals surface area contributed by atoms with Gasteiger partial charge in [0, 0.05) is 31.7 Å². The summed E-state index contributed by atoms with van der Waals surface area (Å²) in [6.45, 7) is 9.76. The highest BCUT2D eigenvalue weighted by Crippen LogP contribution is 2.35. The molecular weight excluding hydrogens is 262 g/mol. The van der Waals surface area contributed by atoms with Gasteiger partial charge in [-0.05, 0) is 18.8 Å². The van der Waals surface area contributed by atoms with Gasteiger partial charge >= 0.3 is 0 Å². The maximum Gasteiger partial charge on any atom is 0.141 e. The molecule has 0 aromatic carbocycles. The van der Waals surface area contributed by atoms with Crippen LogP contribution in [0.4, 0.5) is 0 Å². The Morgan fingerprint density at radius 3 is 2.86 bits per heavy atom. The first-order valence-corrected chi connectivity index (χ1v) is 8.52. The van der Waals surface area contributed by atoms with E-state index in [-0.39, 0.29) is 0 Å². The van der Waals surface area contributed by atoms with E-state index < -0.39 is 0 Å². The molecule has 5 nitrogen and oxygen atoms in total. The molecule has 1 saturated carbocycles. The van der Waals surface area contributed by atoms with E-state index in [4.69, 9.17) is 0 Å². The summed E-state index contributed by atoms with van der Waals surface area (Å²) in [5.74, 6) is 1.74. The molecule has 0 unspecified atom stereocenters. The molecule has 0 bridgehead atoms. The van der Waals surface area contributed by atoms with Gasteiger partial charge in [0.15, 0.2) is 0 Å². The normalized spacial score (nSPS) is 23.0. The fraction of sp³-hybridized carbons (Fsp3) is 0.875. The maximum absolute atomic E-state index is 4.53. The van der Waals surface area contributed by atoms with Gasteiger partial charge in [0.1, 0.15) is 12.2 Å². The molecule has 0 atom stereocenters. The SMILES string of the molecule is CC(C)Cn1ncnc1CN1CCNCC12CCCCC2. The van der Waals surface area contributed by atoms with Crippen molar-refractivity contribution in [2.24, 2.45) is 5.92 Å². The van der Waals surface area contributed by atoms with Crippen LogP contribution in [0.15, 0.2) is 6.33 Å². The lowest BCUT2D eigenvalue weighted by Gasteiger charge is -2.49. The van der Waals surface area contributed by atoms with Gasteiger partial charge in [-0.3, -0.25) is 4.90 Å². The molecule has 1 saturated heterocycles. The molecule has 118 valence electrons. The van der Waals surface area contributed by atoms with E-state index >= 15 is 0 Å². The van der Waals surface area contributed by atoms with E-state index in [0.29, 0.717) is 11.5 Å². The van der Waals surface area contributed by atoms with Crippen LogP contribution in [0.2, 0.25) is 0 Å². The zero-order valence-corrected chi connectivity index (χ0v) is 13.5. The lowest BCUT2D eigenvalue weighted by molar-refractivity contribution is 0.0178. The van der Waals surface area contributed by atoms with Gasteiger partial charge in [-0.1, -0.05) is 33.1 Å². The van der Waals surface area contributed by atoms with Crippen LogP contribution in [0.25, 0.3) is 0 Å². The first-order chi connectivity index (χ1) is 10.2. The second-order valence-corrected chi connectivity index (χ2v) is 7.14. The standard InChI is InChI=1S/C16H29N5/c1-14(2)10-21-15(18-13-19-21)11-20-9-8-17-12-16(20)6-4-3-5-7-16/h13-14,17H,3-12H2,1-2H3. The lowest BCUT2D eigenvalue weighted by Crippen LogP contribution is -2.61. The molecule has 1 aliphatic carbocycles. The molecule has 2 aliphatic rings. The van der Waals surface area contributed by atoms with Crippen molar-refractivity contribution in [3.63, 3.8) is 0 Å². The Morgan fingerprint density at radius 2 is 2.10 bits per heavy atom. The summed E-state index contributed by atoms with van der Waals surface area (Å²) >= 11 is 0. The molecule has 1 aromatic rings. The molecule has 5 heteroatoms. The second kappa shape index (κ2) is 6.44. The monoisotopic (exact) mass is 291 g/mol. The van der Waals surface area contributed by atoms with Crippen molar-refractivity contribution in [2.45, 2.75) is 64.6 Å². The smallest absolute Gasteiger partial charge is 0.141 e. The number of hydrogen-bond acceptors (Lipinski definition) is 4. The molecule has 3 rings (SSSR count). The van der Waals surface area contributed by atoms with Crippen LogP contribution in [0.5, 0.6) is 0 Å². The van der Waals surface area contributed by atoms with Crippen molar-refractivity contribution in [1.29, 1.82) is 0 Å². The predicted octanol–water partition coefficient (Wildman–Crippen LogP) is 2.04. The van der Waals surface area contributed by atoms with E-state index in [1.807, 2.05) is 0 Å². The highest BCUT2D eigenvalue weighted by atomic mass is 15.4. The third-order valence-electron chi connectivity index (χ3n) is 5.03. The van der Waals surface area contributed by atoms with Gasteiger partial charge < -0.3 is 5.32 Å². The molecule has 2 heterocycles. The molecule has 1 aromatic heterocycles. The summed E-state index contributed by atoms with van der Waals surface area (Å²) in [5, 5.41) is 8.04. The third-order valence-corrected chi connectivity index (χ3v) is 5.03. The minimum Gasteiger partial charge on any atom is -0.314 e. The zero-order valence-electron chi connectivity index (χ0n) is 13.5. The van der Waals surface area contributed by atoms with E-state index in [1.165, 1.54) is 32.1 Å². The summed E-state index contributed by atoms with van der Waals surface area (Å²) in [6.07, 6.45) is 8.52. The molecule has 1 aliphatic heterocycles. The highest BCUT2D eigenvalue weighted by molar-refractivity contribution is 5.00. The Morgan fingerprint density at radius 1 is 1.29 bits per heavy atom. The number of nitrogens with one attached hydrogen (secondary N) is 1. The highest BCUT2D eigenvalue weighted by Gasteiger charge is 2.40. The van der Waals surface area contributed by atoms with Gasteiger partial charge in [-0.25, -0.2) is 9.67 Å². The van der Waals surface area contributed by atoms with Gasteiger partial charge in [-0.15, -0.1) is 0 Å². The summed E-state index contributed by atoms with van der Waals surface area (Å²) in [4.78, 5) is 7.22. The van der Waals surface area contributed by atoms with Gasteiger partial charge in [0.25, 0.3) is 0 Å². The number of nitrogens with zero attached hydrogens (tertiary/aromatic N) is 4. The minimum absolute atomic E-state index is 0.366. The van der Waals surface area contributed by atoms with Crippen LogP contribution in [0.1, 0.15) is 51.8 Å². The van der Waals surface area contributed by atoms with Crippen molar-refractivity contribution in [3.05, 3.63) is 12.2 Å². The zero-order chi connectivity index (χ0) is 14.7. The van der Waals surface area contributed by atoms with Crippen LogP contribution in [-0.2, 0) is 13.1 Å². The minimum atomic E-state index is 0.366. The quantitative estimate of drug-likeness (QED) is 0.922. The Hall–Kier alpha value is -0.940. The fourth-order valence-corrected chi connectivity index (χ4v) is 3.91. The predicted molar refractivity (Wildman–Crippen MR) is 84.0 cm³/mol. The first-order valence-electron chi connectivity index (χ1n) is 8.52. The Labute approximate surface area is 128 Å². The summed E-state index contributed by atoms with van der Waals surface area (Å²) < 4.78 is 2.10. The average Bonchev–Trinajstić information content (AvgIpc) is 2.89. The van der Waals surface area contributed by atoms with Crippen LogP contribution >= 0.6 is 0 Å². The summed E-state index contributed by atoms with van der Waals surface area (Å²) in [5.41, 5.74) is 0.366. The van der Waals surface area contributed by atoms with Crippen LogP contribution in [-0.4, -0.2) is 44.8 Å². The fourth-order valence-electron chi connectivity index (χ4n) is 3.91. The topological polar surface area (TPSA) is 46.0 Å². The molecular formula is C16H29N5. The third kappa shape index (κ3) is 3.29. The van der Waals surface area contributed by atoms with E-state index in [0.717, 1.165) is 38.5 Å². The van der Waals surface area contributed by atoms with Crippen molar-refractivity contribution in [2.75, 3.05) is 19.6 Å². The van der Waals surface area contributed by atoms with Gasteiger partial charge in [0.2, 0.25) is 0 Å². The van der Waals surface area contributed by atoms with E-state index in [2.05, 4.69) is 38.8 Å². The second-order valence-electron chi connectivity index (χ2n) is 7.14. The molecule has 21 heavy (non-hydrogen) atoms. The number of piperazine rings is 1. The van der Waals surface area contributed by atoms with Crippen molar-refractivity contribution >= 4 is 0 Å². The molecule has 1 N–H and O–H groups in total. The van der Waals surface area contributed by atoms with Crippen molar-refractivity contribution < 1.29 is 0 Å². The van der Waals surface area contributed by atoms with Crippen molar-refractivity contribution in [3.8, 4) is 0 Å². The Bertz CT molecular complexity index is 439. The first kappa shape index (κ1) is 15.0. The van der Waals surface area contributed by atoms with Crippen molar-refractivity contribution in [1.82, 2.24) is 25.0 Å². The van der Waals surface area contributed by atoms with Crippen LogP contribution in [0, 0.1) is 5.92 Å². The Balaban J connectivity index is 1.74. The van der Waals surface area contributed by atoms with E-state index in [9.17, 15) is 0 Å². The molecule has 1 spiro atoms. The summed E-state index contributed by atoms with van der Waals surface area (Å²) in [7, 11) is 0. The Kier molecular flexibility index (Phi) is 4.60. The van der Waals surface area contributed by atoms with Gasteiger partial charge in [-0.2, -0.15) is 5.10 Å². The summed E-state index contributed by atoms with van der Waals surface area (Å²) in [6, 6.07) is 0. The van der Waals surface area contributed by atoms with Gasteiger partial charge in [0.05, 0.1) is 6.54 Å². The van der Waals surface area contributed by atoms with Crippen LogP contribution in [0.3, 0.4) is 0 Å². The van der Waals surface area contributed by atoms with Crippen LogP contribution < -0.4 is 5.32 Å². The largest absolute Gasteiger partial charge is 0.314 e.